The number of nitrogens with two attached hydrogens (primary N) is 1. The van der Waals surface area contributed by atoms with Crippen molar-refractivity contribution < 1.29 is 4.79 Å². The summed E-state index contributed by atoms with van der Waals surface area (Å²) in [4.78, 5) is 11.3. The van der Waals surface area contributed by atoms with Crippen molar-refractivity contribution in [3.05, 3.63) is 11.6 Å². The normalized spacial score (nSPS) is 22.2. The van der Waals surface area contributed by atoms with Crippen LogP contribution in [-0.2, 0) is 4.79 Å². The number of hydrogen-bond acceptors (Lipinski definition) is 2. The van der Waals surface area contributed by atoms with E-state index in [9.17, 15) is 4.79 Å². The van der Waals surface area contributed by atoms with Gasteiger partial charge in [-0.25, -0.2) is 0 Å². The summed E-state index contributed by atoms with van der Waals surface area (Å²) >= 11 is 0. The minimum atomic E-state index is 0.0600. The van der Waals surface area contributed by atoms with Gasteiger partial charge in [-0.3, -0.25) is 4.79 Å². The molecule has 0 bridgehead atoms. The average molecular weight is 168 g/mol. The van der Waals surface area contributed by atoms with Gasteiger partial charge in [0.2, 0.25) is 5.91 Å². The molecular formula is C9H16N2O. The first-order chi connectivity index (χ1) is 5.74. The second kappa shape index (κ2) is 4.26. The highest BCUT2D eigenvalue weighted by Crippen LogP contribution is 2.16. The van der Waals surface area contributed by atoms with Gasteiger partial charge in [0.1, 0.15) is 0 Å². The topological polar surface area (TPSA) is 55.1 Å². The maximum atomic E-state index is 11.3. The monoisotopic (exact) mass is 168 g/mol. The van der Waals surface area contributed by atoms with Crippen molar-refractivity contribution in [2.45, 2.75) is 32.2 Å². The Kier molecular flexibility index (Phi) is 3.29. The van der Waals surface area contributed by atoms with E-state index in [1.807, 2.05) is 13.0 Å². The van der Waals surface area contributed by atoms with Crippen LogP contribution in [0.2, 0.25) is 0 Å². The molecule has 1 aliphatic rings. The summed E-state index contributed by atoms with van der Waals surface area (Å²) in [5, 5.41) is 2.83. The summed E-state index contributed by atoms with van der Waals surface area (Å²) in [5.41, 5.74) is 6.52. The van der Waals surface area contributed by atoms with E-state index in [1.54, 1.807) is 0 Å². The van der Waals surface area contributed by atoms with Crippen LogP contribution in [0.15, 0.2) is 11.6 Å². The van der Waals surface area contributed by atoms with Crippen molar-refractivity contribution in [2.75, 3.05) is 6.54 Å². The fraction of sp³-hybridized carbons (Fsp3) is 0.667. The van der Waals surface area contributed by atoms with E-state index in [2.05, 4.69) is 5.32 Å². The number of nitrogens with one attached hydrogen (secondary N) is 1. The Morgan fingerprint density at radius 1 is 1.83 bits per heavy atom. The molecule has 0 aromatic heterocycles. The van der Waals surface area contributed by atoms with Crippen LogP contribution in [-0.4, -0.2) is 18.5 Å². The fourth-order valence-electron chi connectivity index (χ4n) is 1.28. The second-order valence-corrected chi connectivity index (χ2v) is 3.19. The predicted octanol–water partition coefficient (Wildman–Crippen LogP) is 0.560. The third-order valence-corrected chi connectivity index (χ3v) is 1.98. The number of carbonyl (C=O) groups excluding carboxylic acids is 1. The van der Waals surface area contributed by atoms with E-state index >= 15 is 0 Å². The molecule has 0 aromatic carbocycles. The Labute approximate surface area is 73.0 Å². The van der Waals surface area contributed by atoms with Crippen LogP contribution < -0.4 is 11.1 Å². The van der Waals surface area contributed by atoms with Crippen LogP contribution in [0.1, 0.15) is 26.2 Å². The maximum absolute atomic E-state index is 11.3. The van der Waals surface area contributed by atoms with Gasteiger partial charge in [0.15, 0.2) is 0 Å². The summed E-state index contributed by atoms with van der Waals surface area (Å²) in [7, 11) is 0. The minimum absolute atomic E-state index is 0.0600. The molecule has 0 unspecified atom stereocenters. The third kappa shape index (κ3) is 2.34. The number of amides is 1. The van der Waals surface area contributed by atoms with Crippen LogP contribution in [0.25, 0.3) is 0 Å². The zero-order valence-corrected chi connectivity index (χ0v) is 7.47. The van der Waals surface area contributed by atoms with Crippen molar-refractivity contribution in [1.29, 1.82) is 0 Å². The van der Waals surface area contributed by atoms with Gasteiger partial charge in [-0.05, 0) is 19.3 Å². The summed E-state index contributed by atoms with van der Waals surface area (Å²) < 4.78 is 0. The molecule has 1 aliphatic carbocycles. The first kappa shape index (κ1) is 9.26. The van der Waals surface area contributed by atoms with Crippen molar-refractivity contribution in [2.24, 2.45) is 5.73 Å². The Hall–Kier alpha value is -0.830. The molecule has 0 fully saturated rings. The summed E-state index contributed by atoms with van der Waals surface area (Å²) in [6.07, 6.45) is 4.49. The molecule has 0 saturated heterocycles. The molecule has 0 aromatic rings. The molecular weight excluding hydrogens is 152 g/mol. The standard InChI is InChI=1S/C9H16N2O/c1-2-5-11-9(12)7-3-4-8(10)6-7/h3,8H,2,4-6,10H2,1H3,(H,11,12)/t8-/m0/s1. The SMILES string of the molecule is CCCNC(=O)C1=CC[C@H](N)C1. The molecule has 3 heteroatoms. The molecule has 1 amide bonds. The van der Waals surface area contributed by atoms with Gasteiger partial charge in [-0.15, -0.1) is 0 Å². The lowest BCUT2D eigenvalue weighted by Crippen LogP contribution is -2.26. The highest BCUT2D eigenvalue weighted by atomic mass is 16.1. The number of rotatable bonds is 3. The van der Waals surface area contributed by atoms with Gasteiger partial charge < -0.3 is 11.1 Å². The molecule has 3 nitrogen and oxygen atoms in total. The van der Waals surface area contributed by atoms with Gasteiger partial charge in [0, 0.05) is 18.2 Å². The number of hydrogen-bond donors (Lipinski definition) is 2. The molecule has 0 aliphatic heterocycles. The predicted molar refractivity (Wildman–Crippen MR) is 48.6 cm³/mol. The van der Waals surface area contributed by atoms with E-state index in [-0.39, 0.29) is 11.9 Å². The van der Waals surface area contributed by atoms with Gasteiger partial charge >= 0.3 is 0 Å². The van der Waals surface area contributed by atoms with Gasteiger partial charge in [0.05, 0.1) is 0 Å². The smallest absolute Gasteiger partial charge is 0.246 e. The Bertz CT molecular complexity index is 199. The van der Waals surface area contributed by atoms with Crippen LogP contribution in [0.5, 0.6) is 0 Å². The van der Waals surface area contributed by atoms with E-state index in [0.29, 0.717) is 0 Å². The van der Waals surface area contributed by atoms with Crippen molar-refractivity contribution >= 4 is 5.91 Å². The molecule has 0 radical (unpaired) electrons. The van der Waals surface area contributed by atoms with Crippen LogP contribution in [0.3, 0.4) is 0 Å². The molecule has 0 saturated carbocycles. The highest BCUT2D eigenvalue weighted by molar-refractivity contribution is 5.93. The molecule has 0 spiro atoms. The Morgan fingerprint density at radius 2 is 2.58 bits per heavy atom. The van der Waals surface area contributed by atoms with Crippen molar-refractivity contribution in [1.82, 2.24) is 5.32 Å². The first-order valence-electron chi connectivity index (χ1n) is 4.47. The van der Waals surface area contributed by atoms with E-state index in [0.717, 1.165) is 31.4 Å². The third-order valence-electron chi connectivity index (χ3n) is 1.98. The van der Waals surface area contributed by atoms with Crippen LogP contribution >= 0.6 is 0 Å². The maximum Gasteiger partial charge on any atom is 0.246 e. The van der Waals surface area contributed by atoms with E-state index in [4.69, 9.17) is 5.73 Å². The lowest BCUT2D eigenvalue weighted by molar-refractivity contribution is -0.117. The second-order valence-electron chi connectivity index (χ2n) is 3.19. The van der Waals surface area contributed by atoms with Crippen molar-refractivity contribution in [3.63, 3.8) is 0 Å². The fourth-order valence-corrected chi connectivity index (χ4v) is 1.28. The van der Waals surface area contributed by atoms with Crippen molar-refractivity contribution in [3.8, 4) is 0 Å². The molecule has 1 rings (SSSR count). The zero-order valence-electron chi connectivity index (χ0n) is 7.47. The van der Waals surface area contributed by atoms with Crippen LogP contribution in [0, 0.1) is 0 Å². The molecule has 0 heterocycles. The lowest BCUT2D eigenvalue weighted by Gasteiger charge is -2.04. The van der Waals surface area contributed by atoms with Gasteiger partial charge in [0.25, 0.3) is 0 Å². The summed E-state index contributed by atoms with van der Waals surface area (Å²) in [6, 6.07) is 0.160. The first-order valence-corrected chi connectivity index (χ1v) is 4.47. The Morgan fingerprint density at radius 3 is 3.08 bits per heavy atom. The lowest BCUT2D eigenvalue weighted by atomic mass is 10.2. The molecule has 68 valence electrons. The molecule has 3 N–H and O–H groups in total. The Balaban J connectivity index is 2.33. The summed E-state index contributed by atoms with van der Waals surface area (Å²) in [5.74, 6) is 0.0600. The average Bonchev–Trinajstić information content (AvgIpc) is 2.47. The minimum Gasteiger partial charge on any atom is -0.352 e. The van der Waals surface area contributed by atoms with Gasteiger partial charge in [-0.2, -0.15) is 0 Å². The quantitative estimate of drug-likeness (QED) is 0.647. The van der Waals surface area contributed by atoms with Crippen LogP contribution in [0.4, 0.5) is 0 Å². The number of carbonyl (C=O) groups is 1. The largest absolute Gasteiger partial charge is 0.352 e. The van der Waals surface area contributed by atoms with E-state index in [1.165, 1.54) is 0 Å². The highest BCUT2D eigenvalue weighted by Gasteiger charge is 2.17. The zero-order chi connectivity index (χ0) is 8.97. The van der Waals surface area contributed by atoms with Gasteiger partial charge in [-0.1, -0.05) is 13.0 Å². The summed E-state index contributed by atoms with van der Waals surface area (Å²) in [6.45, 7) is 2.79. The molecule has 12 heavy (non-hydrogen) atoms. The molecule has 1 atom stereocenters. The van der Waals surface area contributed by atoms with E-state index < -0.39 is 0 Å².